The molecule has 0 amide bonds. The number of nitrogens with zero attached hydrogens (tertiary/aromatic N) is 1. The molecule has 0 bridgehead atoms. The van der Waals surface area contributed by atoms with E-state index in [0.29, 0.717) is 21.6 Å². The second-order valence-electron chi connectivity index (χ2n) is 2.90. The lowest BCUT2D eigenvalue weighted by Crippen LogP contribution is -1.88. The zero-order valence-electron chi connectivity index (χ0n) is 7.10. The molecule has 1 nitrogen and oxygen atoms in total. The summed E-state index contributed by atoms with van der Waals surface area (Å²) in [6.07, 6.45) is 0. The van der Waals surface area contributed by atoms with Crippen LogP contribution >= 0.6 is 27.5 Å². The number of fused-ring (bicyclic) bond motifs is 1. The van der Waals surface area contributed by atoms with Crippen molar-refractivity contribution in [2.75, 3.05) is 0 Å². The van der Waals surface area contributed by atoms with E-state index in [2.05, 4.69) is 20.9 Å². The number of halogens is 3. The molecule has 2 rings (SSSR count). The summed E-state index contributed by atoms with van der Waals surface area (Å²) in [6, 6.07) is 6.57. The lowest BCUT2D eigenvalue weighted by atomic mass is 10.1. The highest BCUT2D eigenvalue weighted by molar-refractivity contribution is 9.08. The predicted molar refractivity (Wildman–Crippen MR) is 59.3 cm³/mol. The quantitative estimate of drug-likeness (QED) is 0.567. The van der Waals surface area contributed by atoms with E-state index >= 15 is 0 Å². The summed E-state index contributed by atoms with van der Waals surface area (Å²) in [4.78, 5) is 4.10. The van der Waals surface area contributed by atoms with Crippen molar-refractivity contribution in [1.29, 1.82) is 0 Å². The van der Waals surface area contributed by atoms with Crippen LogP contribution in [0.1, 0.15) is 5.56 Å². The molecule has 0 saturated carbocycles. The summed E-state index contributed by atoms with van der Waals surface area (Å²) in [7, 11) is 0. The van der Waals surface area contributed by atoms with Crippen molar-refractivity contribution in [2.45, 2.75) is 5.33 Å². The number of alkyl halides is 1. The maximum Gasteiger partial charge on any atom is 0.129 e. The van der Waals surface area contributed by atoms with Crippen LogP contribution in [0.4, 0.5) is 4.39 Å². The van der Waals surface area contributed by atoms with Crippen molar-refractivity contribution in [1.82, 2.24) is 4.98 Å². The summed E-state index contributed by atoms with van der Waals surface area (Å²) in [5.41, 5.74) is 1.31. The third-order valence-electron chi connectivity index (χ3n) is 1.97. The average Bonchev–Trinajstić information content (AvgIpc) is 2.17. The standard InChI is InChI=1S/C10H6BrClFN/c11-5-7-4-9-6(3-8(7)13)1-2-10(12)14-9/h1-4H,5H2. The minimum absolute atomic E-state index is 0.224. The molecule has 0 aliphatic rings. The topological polar surface area (TPSA) is 12.9 Å². The minimum atomic E-state index is -0.224. The van der Waals surface area contributed by atoms with Crippen LogP contribution in [0.15, 0.2) is 24.3 Å². The maximum absolute atomic E-state index is 13.3. The van der Waals surface area contributed by atoms with E-state index in [-0.39, 0.29) is 5.82 Å². The van der Waals surface area contributed by atoms with Gasteiger partial charge in [-0.25, -0.2) is 9.37 Å². The number of pyridine rings is 1. The Morgan fingerprint density at radius 1 is 1.36 bits per heavy atom. The highest BCUT2D eigenvalue weighted by Gasteiger charge is 2.04. The van der Waals surface area contributed by atoms with Crippen molar-refractivity contribution in [3.05, 3.63) is 40.8 Å². The fourth-order valence-corrected chi connectivity index (χ4v) is 1.85. The molecule has 0 unspecified atom stereocenters. The third-order valence-corrected chi connectivity index (χ3v) is 2.78. The number of aromatic nitrogens is 1. The number of hydrogen-bond donors (Lipinski definition) is 0. The first-order valence-electron chi connectivity index (χ1n) is 4.01. The smallest absolute Gasteiger partial charge is 0.129 e. The number of rotatable bonds is 1. The fraction of sp³-hybridized carbons (Fsp3) is 0.100. The molecule has 0 fully saturated rings. The Labute approximate surface area is 94.0 Å². The van der Waals surface area contributed by atoms with Crippen LogP contribution in [0.3, 0.4) is 0 Å². The van der Waals surface area contributed by atoms with E-state index in [1.54, 1.807) is 18.2 Å². The molecule has 1 aromatic carbocycles. The van der Waals surface area contributed by atoms with Crippen LogP contribution in [0, 0.1) is 5.82 Å². The Morgan fingerprint density at radius 2 is 2.14 bits per heavy atom. The molecule has 0 atom stereocenters. The highest BCUT2D eigenvalue weighted by atomic mass is 79.9. The van der Waals surface area contributed by atoms with Gasteiger partial charge in [-0.05, 0) is 24.3 Å². The van der Waals surface area contributed by atoms with E-state index in [1.807, 2.05) is 0 Å². The Morgan fingerprint density at radius 3 is 2.86 bits per heavy atom. The number of benzene rings is 1. The van der Waals surface area contributed by atoms with Gasteiger partial charge in [0.05, 0.1) is 5.52 Å². The highest BCUT2D eigenvalue weighted by Crippen LogP contribution is 2.21. The maximum atomic E-state index is 13.3. The van der Waals surface area contributed by atoms with Crippen LogP contribution in [0.25, 0.3) is 10.9 Å². The van der Waals surface area contributed by atoms with Crippen LogP contribution in [-0.2, 0) is 5.33 Å². The Bertz CT molecular complexity index is 487. The number of hydrogen-bond acceptors (Lipinski definition) is 1. The largest absolute Gasteiger partial charge is 0.236 e. The molecule has 0 N–H and O–H groups in total. The van der Waals surface area contributed by atoms with Gasteiger partial charge in [0.1, 0.15) is 11.0 Å². The molecule has 1 heterocycles. The lowest BCUT2D eigenvalue weighted by Gasteiger charge is -2.02. The van der Waals surface area contributed by atoms with E-state index in [4.69, 9.17) is 11.6 Å². The monoisotopic (exact) mass is 273 g/mol. The Balaban J connectivity index is 2.73. The third kappa shape index (κ3) is 1.74. The van der Waals surface area contributed by atoms with Crippen molar-refractivity contribution in [2.24, 2.45) is 0 Å². The summed E-state index contributed by atoms with van der Waals surface area (Å²) < 4.78 is 13.3. The summed E-state index contributed by atoms with van der Waals surface area (Å²) in [5, 5.41) is 1.66. The second-order valence-corrected chi connectivity index (χ2v) is 3.85. The molecule has 4 heteroatoms. The first-order chi connectivity index (χ1) is 6.70. The van der Waals surface area contributed by atoms with Gasteiger partial charge in [0.2, 0.25) is 0 Å². The zero-order valence-corrected chi connectivity index (χ0v) is 9.44. The van der Waals surface area contributed by atoms with Gasteiger partial charge in [-0.2, -0.15) is 0 Å². The van der Waals surface area contributed by atoms with Gasteiger partial charge >= 0.3 is 0 Å². The van der Waals surface area contributed by atoms with Gasteiger partial charge in [0.25, 0.3) is 0 Å². The van der Waals surface area contributed by atoms with E-state index in [9.17, 15) is 4.39 Å². The first-order valence-corrected chi connectivity index (χ1v) is 5.51. The molecule has 2 aromatic rings. The molecule has 1 aromatic heterocycles. The first kappa shape index (κ1) is 9.87. The zero-order chi connectivity index (χ0) is 10.1. The molecule has 14 heavy (non-hydrogen) atoms. The van der Waals surface area contributed by atoms with Crippen LogP contribution in [-0.4, -0.2) is 4.98 Å². The molecular formula is C10H6BrClFN. The van der Waals surface area contributed by atoms with Gasteiger partial charge in [-0.15, -0.1) is 0 Å². The average molecular weight is 275 g/mol. The molecule has 0 aliphatic heterocycles. The summed E-state index contributed by atoms with van der Waals surface area (Å²) in [5.74, 6) is -0.224. The van der Waals surface area contributed by atoms with E-state index in [1.165, 1.54) is 6.07 Å². The fourth-order valence-electron chi connectivity index (χ4n) is 1.26. The molecule has 0 radical (unpaired) electrons. The van der Waals surface area contributed by atoms with Crippen LogP contribution in [0.2, 0.25) is 5.15 Å². The van der Waals surface area contributed by atoms with Crippen molar-refractivity contribution in [3.63, 3.8) is 0 Å². The van der Waals surface area contributed by atoms with E-state index < -0.39 is 0 Å². The Hall–Kier alpha value is -0.670. The molecule has 0 saturated heterocycles. The van der Waals surface area contributed by atoms with Crippen molar-refractivity contribution in [3.8, 4) is 0 Å². The molecule has 72 valence electrons. The van der Waals surface area contributed by atoms with Gasteiger partial charge in [0, 0.05) is 16.3 Å². The molecule has 0 spiro atoms. The minimum Gasteiger partial charge on any atom is -0.236 e. The van der Waals surface area contributed by atoms with Gasteiger partial charge in [-0.3, -0.25) is 0 Å². The normalized spacial score (nSPS) is 10.8. The van der Waals surface area contributed by atoms with Crippen LogP contribution < -0.4 is 0 Å². The Kier molecular flexibility index (Phi) is 2.70. The predicted octanol–water partition coefficient (Wildman–Crippen LogP) is 3.92. The molecular weight excluding hydrogens is 268 g/mol. The SMILES string of the molecule is Fc1cc2ccc(Cl)nc2cc1CBr. The van der Waals surface area contributed by atoms with Gasteiger partial charge in [-0.1, -0.05) is 27.5 Å². The van der Waals surface area contributed by atoms with Crippen molar-refractivity contribution >= 4 is 38.4 Å². The summed E-state index contributed by atoms with van der Waals surface area (Å²) in [6.45, 7) is 0. The summed E-state index contributed by atoms with van der Waals surface area (Å²) >= 11 is 8.95. The van der Waals surface area contributed by atoms with Crippen LogP contribution in [0.5, 0.6) is 0 Å². The molecule has 0 aliphatic carbocycles. The van der Waals surface area contributed by atoms with E-state index in [0.717, 1.165) is 5.39 Å². The van der Waals surface area contributed by atoms with Gasteiger partial charge in [0.15, 0.2) is 0 Å². The second kappa shape index (κ2) is 3.83. The van der Waals surface area contributed by atoms with Gasteiger partial charge < -0.3 is 0 Å². The lowest BCUT2D eigenvalue weighted by molar-refractivity contribution is 0.619. The van der Waals surface area contributed by atoms with Crippen molar-refractivity contribution < 1.29 is 4.39 Å².